The summed E-state index contributed by atoms with van der Waals surface area (Å²) in [6.45, 7) is 3.54. The van der Waals surface area contributed by atoms with Crippen molar-refractivity contribution in [2.24, 2.45) is 5.92 Å². The van der Waals surface area contributed by atoms with Gasteiger partial charge in [0.05, 0.1) is 10.6 Å². The first-order chi connectivity index (χ1) is 14.3. The van der Waals surface area contributed by atoms with Crippen molar-refractivity contribution in [3.05, 3.63) is 18.2 Å². The number of hydrogen-bond donors (Lipinski definition) is 2. The number of benzene rings is 1. The standard InChI is InChI=1S/C21H29N3O4S2/c1-14-9-11-24(12-10-14)21(26)19-20(25)22-17-13-16(7-8-18(17)29-19)30(27,28)23-15-5-3-2-4-6-15/h7-8,13-15,19,23H,2-6,9-12H2,1H3,(H,22,25)/t19-/m0/s1. The van der Waals surface area contributed by atoms with Crippen LogP contribution in [-0.2, 0) is 19.6 Å². The predicted octanol–water partition coefficient (Wildman–Crippen LogP) is 2.97. The molecule has 164 valence electrons. The van der Waals surface area contributed by atoms with Gasteiger partial charge in [0, 0.05) is 24.0 Å². The molecule has 9 heteroatoms. The third-order valence-electron chi connectivity index (χ3n) is 6.25. The van der Waals surface area contributed by atoms with Crippen molar-refractivity contribution in [1.29, 1.82) is 0 Å². The van der Waals surface area contributed by atoms with E-state index in [9.17, 15) is 18.0 Å². The molecule has 2 N–H and O–H groups in total. The van der Waals surface area contributed by atoms with Gasteiger partial charge < -0.3 is 10.2 Å². The van der Waals surface area contributed by atoms with Crippen LogP contribution in [-0.4, -0.2) is 49.5 Å². The number of fused-ring (bicyclic) bond motifs is 1. The zero-order valence-electron chi connectivity index (χ0n) is 17.2. The first-order valence-electron chi connectivity index (χ1n) is 10.8. The molecule has 0 radical (unpaired) electrons. The number of anilines is 1. The van der Waals surface area contributed by atoms with Crippen LogP contribution in [0.4, 0.5) is 5.69 Å². The molecule has 2 aliphatic heterocycles. The molecule has 0 spiro atoms. The molecule has 3 aliphatic rings. The molecular formula is C21H29N3O4S2. The Kier molecular flexibility index (Phi) is 6.41. The number of piperidine rings is 1. The highest BCUT2D eigenvalue weighted by Crippen LogP contribution is 2.38. The molecule has 0 unspecified atom stereocenters. The molecule has 1 aliphatic carbocycles. The fraction of sp³-hybridized carbons (Fsp3) is 0.619. The molecule has 0 bridgehead atoms. The number of carbonyl (C=O) groups excluding carboxylic acids is 2. The van der Waals surface area contributed by atoms with Crippen LogP contribution < -0.4 is 10.0 Å². The lowest BCUT2D eigenvalue weighted by atomic mass is 9.96. The van der Waals surface area contributed by atoms with Crippen molar-refractivity contribution in [1.82, 2.24) is 9.62 Å². The van der Waals surface area contributed by atoms with E-state index in [2.05, 4.69) is 17.0 Å². The van der Waals surface area contributed by atoms with Crippen LogP contribution >= 0.6 is 11.8 Å². The molecule has 2 heterocycles. The number of thioether (sulfide) groups is 1. The molecule has 1 aromatic carbocycles. The molecular weight excluding hydrogens is 422 g/mol. The average Bonchev–Trinajstić information content (AvgIpc) is 2.73. The number of sulfonamides is 1. The smallest absolute Gasteiger partial charge is 0.247 e. The SMILES string of the molecule is CC1CCN(C(=O)[C@H]2Sc3ccc(S(=O)(=O)NC4CCCCC4)cc3NC2=O)CC1. The fourth-order valence-corrected chi connectivity index (χ4v) is 6.70. The highest BCUT2D eigenvalue weighted by molar-refractivity contribution is 8.01. The second kappa shape index (κ2) is 8.88. The Labute approximate surface area is 182 Å². The zero-order chi connectivity index (χ0) is 21.3. The third-order valence-corrected chi connectivity index (χ3v) is 9.03. The van der Waals surface area contributed by atoms with E-state index in [0.717, 1.165) is 49.8 Å². The Morgan fingerprint density at radius 2 is 1.83 bits per heavy atom. The molecule has 7 nitrogen and oxygen atoms in total. The molecule has 30 heavy (non-hydrogen) atoms. The van der Waals surface area contributed by atoms with Crippen LogP contribution in [0.1, 0.15) is 51.9 Å². The molecule has 1 aromatic rings. The topological polar surface area (TPSA) is 95.6 Å². The van der Waals surface area contributed by atoms with Gasteiger partial charge in [0.15, 0.2) is 5.25 Å². The first kappa shape index (κ1) is 21.6. The van der Waals surface area contributed by atoms with Gasteiger partial charge in [0.2, 0.25) is 21.8 Å². The third kappa shape index (κ3) is 4.68. The largest absolute Gasteiger partial charge is 0.341 e. The Morgan fingerprint density at radius 1 is 1.13 bits per heavy atom. The van der Waals surface area contributed by atoms with Crippen LogP contribution in [0, 0.1) is 5.92 Å². The summed E-state index contributed by atoms with van der Waals surface area (Å²) in [4.78, 5) is 28.1. The normalized spacial score (nSPS) is 23.7. The minimum Gasteiger partial charge on any atom is -0.341 e. The van der Waals surface area contributed by atoms with Crippen LogP contribution in [0.2, 0.25) is 0 Å². The summed E-state index contributed by atoms with van der Waals surface area (Å²) >= 11 is 1.20. The lowest BCUT2D eigenvalue weighted by molar-refractivity contribution is -0.135. The van der Waals surface area contributed by atoms with Crippen molar-refractivity contribution in [2.45, 2.75) is 73.0 Å². The Morgan fingerprint density at radius 3 is 2.53 bits per heavy atom. The van der Waals surface area contributed by atoms with Crippen molar-refractivity contribution < 1.29 is 18.0 Å². The monoisotopic (exact) mass is 451 g/mol. The lowest BCUT2D eigenvalue weighted by Crippen LogP contribution is -2.47. The van der Waals surface area contributed by atoms with Gasteiger partial charge in [-0.2, -0.15) is 0 Å². The molecule has 1 saturated heterocycles. The van der Waals surface area contributed by atoms with Gasteiger partial charge in [0.25, 0.3) is 0 Å². The van der Waals surface area contributed by atoms with Gasteiger partial charge in [-0.05, 0) is 49.8 Å². The second-order valence-corrected chi connectivity index (χ2v) is 11.5. The second-order valence-electron chi connectivity index (χ2n) is 8.61. The van der Waals surface area contributed by atoms with Crippen LogP contribution in [0.3, 0.4) is 0 Å². The van der Waals surface area contributed by atoms with E-state index in [-0.39, 0.29) is 22.8 Å². The number of carbonyl (C=O) groups is 2. The molecule has 1 saturated carbocycles. The van der Waals surface area contributed by atoms with Gasteiger partial charge in [-0.3, -0.25) is 9.59 Å². The number of hydrogen-bond acceptors (Lipinski definition) is 5. The van der Waals surface area contributed by atoms with Crippen LogP contribution in [0.25, 0.3) is 0 Å². The summed E-state index contributed by atoms with van der Waals surface area (Å²) in [5, 5.41) is 1.93. The van der Waals surface area contributed by atoms with Crippen molar-refractivity contribution in [3.63, 3.8) is 0 Å². The molecule has 4 rings (SSSR count). The minimum absolute atomic E-state index is 0.0296. The van der Waals surface area contributed by atoms with E-state index < -0.39 is 15.3 Å². The lowest BCUT2D eigenvalue weighted by Gasteiger charge is -2.33. The summed E-state index contributed by atoms with van der Waals surface area (Å²) in [6.07, 6.45) is 6.85. The van der Waals surface area contributed by atoms with Crippen LogP contribution in [0.5, 0.6) is 0 Å². The van der Waals surface area contributed by atoms with E-state index in [4.69, 9.17) is 0 Å². The average molecular weight is 452 g/mol. The minimum atomic E-state index is -3.65. The van der Waals surface area contributed by atoms with E-state index >= 15 is 0 Å². The van der Waals surface area contributed by atoms with Gasteiger partial charge >= 0.3 is 0 Å². The molecule has 2 fully saturated rings. The number of nitrogens with zero attached hydrogens (tertiary/aromatic N) is 1. The van der Waals surface area contributed by atoms with E-state index in [1.54, 1.807) is 17.0 Å². The fourth-order valence-electron chi connectivity index (χ4n) is 4.32. The number of rotatable bonds is 4. The first-order valence-corrected chi connectivity index (χ1v) is 13.1. The Balaban J connectivity index is 1.47. The summed E-state index contributed by atoms with van der Waals surface area (Å²) < 4.78 is 28.4. The highest BCUT2D eigenvalue weighted by Gasteiger charge is 2.37. The maximum atomic E-state index is 12.9. The van der Waals surface area contributed by atoms with Gasteiger partial charge in [0.1, 0.15) is 0 Å². The van der Waals surface area contributed by atoms with Crippen LogP contribution in [0.15, 0.2) is 28.0 Å². The number of amides is 2. The number of nitrogens with one attached hydrogen (secondary N) is 2. The maximum Gasteiger partial charge on any atom is 0.247 e. The zero-order valence-corrected chi connectivity index (χ0v) is 18.9. The number of likely N-dealkylation sites (tertiary alicyclic amines) is 1. The van der Waals surface area contributed by atoms with Gasteiger partial charge in [-0.15, -0.1) is 11.8 Å². The molecule has 0 aromatic heterocycles. The van der Waals surface area contributed by atoms with Crippen molar-refractivity contribution in [2.75, 3.05) is 18.4 Å². The van der Waals surface area contributed by atoms with E-state index in [1.165, 1.54) is 17.8 Å². The van der Waals surface area contributed by atoms with E-state index in [1.807, 2.05) is 0 Å². The Bertz CT molecular complexity index is 920. The summed E-state index contributed by atoms with van der Waals surface area (Å²) in [5.41, 5.74) is 0.452. The van der Waals surface area contributed by atoms with Gasteiger partial charge in [-0.1, -0.05) is 26.2 Å². The predicted molar refractivity (Wildman–Crippen MR) is 117 cm³/mol. The Hall–Kier alpha value is -1.58. The summed E-state index contributed by atoms with van der Waals surface area (Å²) in [6, 6.07) is 4.71. The van der Waals surface area contributed by atoms with Crippen molar-refractivity contribution >= 4 is 39.3 Å². The molecule has 2 amide bonds. The summed E-state index contributed by atoms with van der Waals surface area (Å²) in [5.74, 6) is 0.0572. The maximum absolute atomic E-state index is 12.9. The highest BCUT2D eigenvalue weighted by atomic mass is 32.2. The molecule has 1 atom stereocenters. The quantitative estimate of drug-likeness (QED) is 0.686. The summed E-state index contributed by atoms with van der Waals surface area (Å²) in [7, 11) is -3.65. The van der Waals surface area contributed by atoms with Gasteiger partial charge in [-0.25, -0.2) is 13.1 Å². The van der Waals surface area contributed by atoms with Crippen molar-refractivity contribution in [3.8, 4) is 0 Å². The van der Waals surface area contributed by atoms with E-state index in [0.29, 0.717) is 24.7 Å².